The molecule has 1 fully saturated rings. The second kappa shape index (κ2) is 8.55. The molecule has 1 atom stereocenters. The van der Waals surface area contributed by atoms with E-state index in [-0.39, 0.29) is 11.3 Å². The van der Waals surface area contributed by atoms with E-state index in [1.165, 1.54) is 16.2 Å². The maximum Gasteiger partial charge on any atom is 0.301 e. The minimum Gasteiger partial charge on any atom is -0.507 e. The van der Waals surface area contributed by atoms with Crippen molar-refractivity contribution < 1.29 is 19.4 Å². The van der Waals surface area contributed by atoms with Gasteiger partial charge in [-0.15, -0.1) is 10.2 Å². The first-order valence-corrected chi connectivity index (χ1v) is 11.0. The Kier molecular flexibility index (Phi) is 5.80. The number of carbonyl (C=O) groups excluding carboxylic acids is 2. The third kappa shape index (κ3) is 3.78. The van der Waals surface area contributed by atoms with E-state index in [0.717, 1.165) is 5.56 Å². The summed E-state index contributed by atoms with van der Waals surface area (Å²) in [6.07, 6.45) is 0. The summed E-state index contributed by atoms with van der Waals surface area (Å²) in [4.78, 5) is 27.5. The van der Waals surface area contributed by atoms with Gasteiger partial charge >= 0.3 is 5.91 Å². The van der Waals surface area contributed by atoms with Gasteiger partial charge < -0.3 is 9.84 Å². The highest BCUT2D eigenvalue weighted by atomic mass is 32.1. The smallest absolute Gasteiger partial charge is 0.301 e. The molecule has 1 aliphatic rings. The van der Waals surface area contributed by atoms with Gasteiger partial charge in [-0.25, -0.2) is 0 Å². The van der Waals surface area contributed by atoms with Crippen molar-refractivity contribution in [2.24, 2.45) is 0 Å². The topological polar surface area (TPSA) is 92.6 Å². The highest BCUT2D eigenvalue weighted by Crippen LogP contribution is 2.43. The van der Waals surface area contributed by atoms with Crippen LogP contribution in [0.15, 0.2) is 54.1 Å². The van der Waals surface area contributed by atoms with Crippen LogP contribution in [0.4, 0.5) is 5.13 Å². The molecule has 3 aromatic rings. The molecule has 0 unspecified atom stereocenters. The van der Waals surface area contributed by atoms with Crippen molar-refractivity contribution in [3.63, 3.8) is 0 Å². The summed E-state index contributed by atoms with van der Waals surface area (Å²) in [6, 6.07) is 13.6. The summed E-state index contributed by atoms with van der Waals surface area (Å²) in [7, 11) is 1.55. The number of benzene rings is 2. The van der Waals surface area contributed by atoms with Crippen molar-refractivity contribution in [3.8, 4) is 5.75 Å². The van der Waals surface area contributed by atoms with E-state index in [2.05, 4.69) is 24.0 Å². The molecule has 32 heavy (non-hydrogen) atoms. The summed E-state index contributed by atoms with van der Waals surface area (Å²) in [5.41, 5.74) is 2.27. The zero-order valence-electron chi connectivity index (χ0n) is 18.2. The summed E-state index contributed by atoms with van der Waals surface area (Å²) >= 11 is 1.22. The molecule has 0 saturated carbocycles. The molecular weight excluding hydrogens is 426 g/mol. The Morgan fingerprint density at radius 1 is 1.06 bits per heavy atom. The van der Waals surface area contributed by atoms with Crippen molar-refractivity contribution in [2.45, 2.75) is 32.7 Å². The van der Waals surface area contributed by atoms with E-state index in [4.69, 9.17) is 4.74 Å². The Balaban J connectivity index is 1.89. The number of aliphatic hydroxyl groups is 1. The molecule has 0 aliphatic carbocycles. The van der Waals surface area contributed by atoms with E-state index in [9.17, 15) is 14.7 Å². The van der Waals surface area contributed by atoms with Gasteiger partial charge in [-0.3, -0.25) is 14.5 Å². The number of ether oxygens (including phenoxy) is 1. The fraction of sp³-hybridized carbons (Fsp3) is 0.250. The fourth-order valence-electron chi connectivity index (χ4n) is 3.70. The van der Waals surface area contributed by atoms with Crippen molar-refractivity contribution in [1.82, 2.24) is 10.2 Å². The largest absolute Gasteiger partial charge is 0.507 e. The third-order valence-corrected chi connectivity index (χ3v) is 6.29. The van der Waals surface area contributed by atoms with Gasteiger partial charge in [-0.1, -0.05) is 49.4 Å². The average Bonchev–Trinajstić information content (AvgIpc) is 3.34. The lowest BCUT2D eigenvalue weighted by Gasteiger charge is -2.23. The van der Waals surface area contributed by atoms with Crippen molar-refractivity contribution in [2.75, 3.05) is 12.0 Å². The molecule has 1 aliphatic heterocycles. The number of aromatic nitrogens is 2. The predicted octanol–water partition coefficient (Wildman–Crippen LogP) is 4.60. The lowest BCUT2D eigenvalue weighted by molar-refractivity contribution is -0.132. The first-order chi connectivity index (χ1) is 15.3. The monoisotopic (exact) mass is 449 g/mol. The van der Waals surface area contributed by atoms with Gasteiger partial charge in [0.1, 0.15) is 16.5 Å². The van der Waals surface area contributed by atoms with Crippen LogP contribution in [0.5, 0.6) is 5.75 Å². The molecule has 1 aromatic heterocycles. The van der Waals surface area contributed by atoms with Crippen LogP contribution in [0.2, 0.25) is 0 Å². The van der Waals surface area contributed by atoms with Gasteiger partial charge in [-0.05, 0) is 48.2 Å². The molecule has 1 N–H and O–H groups in total. The second-order valence-corrected chi connectivity index (χ2v) is 8.98. The highest BCUT2D eigenvalue weighted by molar-refractivity contribution is 7.15. The van der Waals surface area contributed by atoms with E-state index in [1.54, 1.807) is 38.3 Å². The molecule has 4 rings (SSSR count). The number of rotatable bonds is 5. The maximum absolute atomic E-state index is 13.1. The second-order valence-electron chi connectivity index (χ2n) is 7.82. The summed E-state index contributed by atoms with van der Waals surface area (Å²) < 4.78 is 5.17. The zero-order valence-corrected chi connectivity index (χ0v) is 19.0. The number of anilines is 1. The van der Waals surface area contributed by atoms with Crippen molar-refractivity contribution in [1.29, 1.82) is 0 Å². The molecule has 7 nitrogen and oxygen atoms in total. The Morgan fingerprint density at radius 2 is 1.72 bits per heavy atom. The predicted molar refractivity (Wildman–Crippen MR) is 123 cm³/mol. The van der Waals surface area contributed by atoms with E-state index >= 15 is 0 Å². The molecule has 0 radical (unpaired) electrons. The summed E-state index contributed by atoms with van der Waals surface area (Å²) in [5.74, 6) is -0.793. The average molecular weight is 450 g/mol. The van der Waals surface area contributed by atoms with Crippen LogP contribution in [0.25, 0.3) is 5.76 Å². The quantitative estimate of drug-likeness (QED) is 0.348. The fourth-order valence-corrected chi connectivity index (χ4v) is 4.41. The van der Waals surface area contributed by atoms with E-state index in [0.29, 0.717) is 32.9 Å². The number of carbonyl (C=O) groups is 2. The number of ketones is 1. The zero-order chi connectivity index (χ0) is 23.0. The van der Waals surface area contributed by atoms with Gasteiger partial charge in [0.05, 0.1) is 18.7 Å². The number of aliphatic hydroxyl groups excluding tert-OH is 1. The SMILES string of the molecule is COc1ccc(/C(O)=C2\C(=O)C(=O)N(c3nnc(C)s3)[C@@H]2c2ccc(C(C)C)cc2)cc1. The van der Waals surface area contributed by atoms with Gasteiger partial charge in [0.2, 0.25) is 5.13 Å². The molecule has 0 bridgehead atoms. The van der Waals surface area contributed by atoms with Crippen LogP contribution < -0.4 is 9.64 Å². The standard InChI is InChI=1S/C24H23N3O4S/c1-13(2)15-5-7-16(8-6-15)20-19(21(28)17-9-11-18(31-4)12-10-17)22(29)23(30)27(20)24-26-25-14(3)32-24/h5-13,20,28H,1-4H3/b21-19+/t20-/m1/s1. The lowest BCUT2D eigenvalue weighted by atomic mass is 9.93. The molecule has 1 amide bonds. The normalized spacial score (nSPS) is 17.9. The summed E-state index contributed by atoms with van der Waals surface area (Å²) in [5, 5.41) is 20.2. The van der Waals surface area contributed by atoms with Crippen molar-refractivity contribution >= 4 is 33.9 Å². The number of hydrogen-bond donors (Lipinski definition) is 1. The molecule has 2 heterocycles. The van der Waals surface area contributed by atoms with E-state index in [1.807, 2.05) is 24.3 Å². The van der Waals surface area contributed by atoms with Crippen LogP contribution in [0.1, 0.15) is 47.5 Å². The van der Waals surface area contributed by atoms with Crippen LogP contribution in [-0.4, -0.2) is 34.1 Å². The maximum atomic E-state index is 13.1. The van der Waals surface area contributed by atoms with Crippen LogP contribution >= 0.6 is 11.3 Å². The Bertz CT molecular complexity index is 1200. The lowest BCUT2D eigenvalue weighted by Crippen LogP contribution is -2.29. The van der Waals surface area contributed by atoms with Gasteiger partial charge in [-0.2, -0.15) is 0 Å². The number of aryl methyl sites for hydroxylation is 1. The summed E-state index contributed by atoms with van der Waals surface area (Å²) in [6.45, 7) is 5.96. The molecule has 1 saturated heterocycles. The number of methoxy groups -OCH3 is 1. The Labute approximate surface area is 190 Å². The number of amides is 1. The van der Waals surface area contributed by atoms with Crippen LogP contribution in [0.3, 0.4) is 0 Å². The number of hydrogen-bond acceptors (Lipinski definition) is 7. The molecule has 2 aromatic carbocycles. The van der Waals surface area contributed by atoms with Gasteiger partial charge in [0, 0.05) is 5.56 Å². The van der Waals surface area contributed by atoms with Gasteiger partial charge in [0.25, 0.3) is 5.78 Å². The molecular formula is C24H23N3O4S. The van der Waals surface area contributed by atoms with Gasteiger partial charge in [0.15, 0.2) is 0 Å². The Morgan fingerprint density at radius 3 is 2.25 bits per heavy atom. The first-order valence-electron chi connectivity index (χ1n) is 10.2. The minimum absolute atomic E-state index is 0.0188. The molecule has 164 valence electrons. The van der Waals surface area contributed by atoms with Crippen LogP contribution in [0, 0.1) is 6.92 Å². The molecule has 0 spiro atoms. The minimum atomic E-state index is -0.814. The van der Waals surface area contributed by atoms with Crippen LogP contribution in [-0.2, 0) is 9.59 Å². The molecule has 8 heteroatoms. The first kappa shape index (κ1) is 21.7. The highest BCUT2D eigenvalue weighted by Gasteiger charge is 2.48. The van der Waals surface area contributed by atoms with E-state index < -0.39 is 17.7 Å². The Hall–Kier alpha value is -3.52. The number of nitrogens with zero attached hydrogens (tertiary/aromatic N) is 3. The van der Waals surface area contributed by atoms with Crippen molar-refractivity contribution in [3.05, 3.63) is 75.8 Å². The number of Topliss-reactive ketones (excluding diaryl/α,β-unsaturated/α-hetero) is 1. The third-order valence-electron chi connectivity index (χ3n) is 5.45.